The predicted molar refractivity (Wildman–Crippen MR) is 71.4 cm³/mol. The number of hydrogen-bond donors (Lipinski definition) is 1. The van der Waals surface area contributed by atoms with Crippen LogP contribution in [0.2, 0.25) is 0 Å². The maximum atomic E-state index is 11.8. The maximum absolute atomic E-state index is 11.8. The minimum Gasteiger partial charge on any atom is -0.480 e. The zero-order chi connectivity index (χ0) is 13.2. The highest BCUT2D eigenvalue weighted by atomic mass is 16.4. The van der Waals surface area contributed by atoms with Gasteiger partial charge in [-0.25, -0.2) is 4.79 Å². The molecular formula is C15H21NO2. The SMILES string of the molecule is CCC1CCCN1C(C)(C(=O)O)c1ccccc1. The second kappa shape index (κ2) is 5.11. The summed E-state index contributed by atoms with van der Waals surface area (Å²) in [6, 6.07) is 9.96. The molecule has 1 aromatic carbocycles. The van der Waals surface area contributed by atoms with Gasteiger partial charge in [-0.2, -0.15) is 0 Å². The first-order valence-corrected chi connectivity index (χ1v) is 6.66. The highest BCUT2D eigenvalue weighted by Crippen LogP contribution is 2.36. The molecule has 0 aliphatic carbocycles. The van der Waals surface area contributed by atoms with Crippen molar-refractivity contribution in [2.75, 3.05) is 6.54 Å². The third-order valence-electron chi connectivity index (χ3n) is 4.18. The number of carboxylic acids is 1. The summed E-state index contributed by atoms with van der Waals surface area (Å²) in [6.45, 7) is 4.84. The molecule has 2 unspecified atom stereocenters. The predicted octanol–water partition coefficient (Wildman–Crippen LogP) is 2.86. The lowest BCUT2D eigenvalue weighted by Crippen LogP contribution is -2.51. The average Bonchev–Trinajstić information content (AvgIpc) is 2.87. The number of likely N-dealkylation sites (tertiary alicyclic amines) is 1. The Balaban J connectivity index is 2.41. The van der Waals surface area contributed by atoms with Crippen LogP contribution in [0.5, 0.6) is 0 Å². The van der Waals surface area contributed by atoms with Crippen LogP contribution in [-0.2, 0) is 10.3 Å². The zero-order valence-corrected chi connectivity index (χ0v) is 11.1. The summed E-state index contributed by atoms with van der Waals surface area (Å²) in [7, 11) is 0. The molecule has 1 fully saturated rings. The molecule has 0 amide bonds. The number of carbonyl (C=O) groups is 1. The highest BCUT2D eigenvalue weighted by Gasteiger charge is 2.45. The first-order valence-electron chi connectivity index (χ1n) is 6.66. The van der Waals surface area contributed by atoms with E-state index in [-0.39, 0.29) is 0 Å². The lowest BCUT2D eigenvalue weighted by Gasteiger charge is -2.39. The van der Waals surface area contributed by atoms with Crippen LogP contribution < -0.4 is 0 Å². The van der Waals surface area contributed by atoms with Crippen LogP contribution in [-0.4, -0.2) is 28.6 Å². The minimum absolute atomic E-state index is 0.381. The van der Waals surface area contributed by atoms with Gasteiger partial charge in [-0.3, -0.25) is 4.90 Å². The molecular weight excluding hydrogens is 226 g/mol. The highest BCUT2D eigenvalue weighted by molar-refractivity contribution is 5.80. The maximum Gasteiger partial charge on any atom is 0.328 e. The van der Waals surface area contributed by atoms with E-state index in [9.17, 15) is 9.90 Å². The molecule has 0 spiro atoms. The summed E-state index contributed by atoms with van der Waals surface area (Å²) in [5, 5.41) is 9.72. The summed E-state index contributed by atoms with van der Waals surface area (Å²) in [4.78, 5) is 14.0. The number of aliphatic carboxylic acids is 1. The van der Waals surface area contributed by atoms with E-state index in [0.717, 1.165) is 31.4 Å². The molecule has 98 valence electrons. The van der Waals surface area contributed by atoms with Gasteiger partial charge in [0.1, 0.15) is 5.54 Å². The van der Waals surface area contributed by atoms with Crippen molar-refractivity contribution in [3.63, 3.8) is 0 Å². The summed E-state index contributed by atoms with van der Waals surface area (Å²) < 4.78 is 0. The Kier molecular flexibility index (Phi) is 3.71. The van der Waals surface area contributed by atoms with Gasteiger partial charge in [0, 0.05) is 6.04 Å². The molecule has 2 atom stereocenters. The van der Waals surface area contributed by atoms with Crippen molar-refractivity contribution < 1.29 is 9.90 Å². The quantitative estimate of drug-likeness (QED) is 0.889. The van der Waals surface area contributed by atoms with Gasteiger partial charge in [0.05, 0.1) is 0 Å². The third-order valence-corrected chi connectivity index (χ3v) is 4.18. The van der Waals surface area contributed by atoms with E-state index in [1.54, 1.807) is 0 Å². The zero-order valence-electron chi connectivity index (χ0n) is 11.1. The van der Waals surface area contributed by atoms with Gasteiger partial charge in [-0.05, 0) is 38.3 Å². The van der Waals surface area contributed by atoms with E-state index >= 15 is 0 Å². The number of benzene rings is 1. The molecule has 0 bridgehead atoms. The summed E-state index contributed by atoms with van der Waals surface area (Å²) >= 11 is 0. The minimum atomic E-state index is -0.904. The molecule has 1 saturated heterocycles. The molecule has 1 N–H and O–H groups in total. The van der Waals surface area contributed by atoms with Gasteiger partial charge >= 0.3 is 5.97 Å². The molecule has 1 aliphatic heterocycles. The Labute approximate surface area is 108 Å². The number of nitrogens with zero attached hydrogens (tertiary/aromatic N) is 1. The standard InChI is InChI=1S/C15H21NO2/c1-3-13-10-7-11-16(13)15(2,14(17)18)12-8-5-4-6-9-12/h4-6,8-9,13H,3,7,10-11H2,1-2H3,(H,17,18). The number of carboxylic acid groups (broad SMARTS) is 1. The third kappa shape index (κ3) is 2.03. The second-order valence-electron chi connectivity index (χ2n) is 5.14. The molecule has 0 radical (unpaired) electrons. The molecule has 1 aromatic rings. The van der Waals surface area contributed by atoms with Crippen LogP contribution in [0, 0.1) is 0 Å². The molecule has 2 rings (SSSR count). The van der Waals surface area contributed by atoms with Gasteiger partial charge in [0.15, 0.2) is 0 Å². The Morgan fingerprint density at radius 1 is 1.44 bits per heavy atom. The van der Waals surface area contributed by atoms with Crippen molar-refractivity contribution >= 4 is 5.97 Å². The fourth-order valence-electron chi connectivity index (χ4n) is 3.02. The van der Waals surface area contributed by atoms with E-state index in [1.807, 2.05) is 37.3 Å². The van der Waals surface area contributed by atoms with Gasteiger partial charge < -0.3 is 5.11 Å². The molecule has 0 saturated carbocycles. The van der Waals surface area contributed by atoms with Gasteiger partial charge in [-0.1, -0.05) is 37.3 Å². The molecule has 18 heavy (non-hydrogen) atoms. The Morgan fingerprint density at radius 2 is 2.11 bits per heavy atom. The normalized spacial score (nSPS) is 23.8. The van der Waals surface area contributed by atoms with Crippen LogP contribution in [0.4, 0.5) is 0 Å². The van der Waals surface area contributed by atoms with Crippen molar-refractivity contribution in [1.82, 2.24) is 4.90 Å². The molecule has 3 heteroatoms. The van der Waals surface area contributed by atoms with Crippen LogP contribution in [0.15, 0.2) is 30.3 Å². The van der Waals surface area contributed by atoms with Crippen molar-refractivity contribution in [3.8, 4) is 0 Å². The lowest BCUT2D eigenvalue weighted by molar-refractivity contribution is -0.152. The molecule has 1 aliphatic rings. The molecule has 3 nitrogen and oxygen atoms in total. The van der Waals surface area contributed by atoms with Crippen LogP contribution >= 0.6 is 0 Å². The van der Waals surface area contributed by atoms with E-state index < -0.39 is 11.5 Å². The largest absolute Gasteiger partial charge is 0.480 e. The van der Waals surface area contributed by atoms with Crippen LogP contribution in [0.25, 0.3) is 0 Å². The first-order chi connectivity index (χ1) is 8.60. The Morgan fingerprint density at radius 3 is 2.67 bits per heavy atom. The van der Waals surface area contributed by atoms with E-state index in [0.29, 0.717) is 6.04 Å². The van der Waals surface area contributed by atoms with E-state index in [2.05, 4.69) is 11.8 Å². The second-order valence-corrected chi connectivity index (χ2v) is 5.14. The smallest absolute Gasteiger partial charge is 0.328 e. The average molecular weight is 247 g/mol. The fraction of sp³-hybridized carbons (Fsp3) is 0.533. The van der Waals surface area contributed by atoms with Gasteiger partial charge in [-0.15, -0.1) is 0 Å². The summed E-state index contributed by atoms with van der Waals surface area (Å²) in [5.74, 6) is -0.756. The van der Waals surface area contributed by atoms with Gasteiger partial charge in [0.25, 0.3) is 0 Å². The Hall–Kier alpha value is -1.35. The van der Waals surface area contributed by atoms with Crippen molar-refractivity contribution in [2.45, 2.75) is 44.7 Å². The summed E-state index contributed by atoms with van der Waals surface area (Å²) in [5.41, 5.74) is -0.0313. The lowest BCUT2D eigenvalue weighted by atomic mass is 9.89. The molecule has 0 aromatic heterocycles. The monoisotopic (exact) mass is 247 g/mol. The van der Waals surface area contributed by atoms with E-state index in [1.165, 1.54) is 0 Å². The van der Waals surface area contributed by atoms with Crippen molar-refractivity contribution in [2.24, 2.45) is 0 Å². The fourth-order valence-corrected chi connectivity index (χ4v) is 3.02. The van der Waals surface area contributed by atoms with E-state index in [4.69, 9.17) is 0 Å². The Bertz CT molecular complexity index is 418. The van der Waals surface area contributed by atoms with Crippen LogP contribution in [0.1, 0.15) is 38.7 Å². The van der Waals surface area contributed by atoms with Gasteiger partial charge in [0.2, 0.25) is 0 Å². The van der Waals surface area contributed by atoms with Crippen molar-refractivity contribution in [3.05, 3.63) is 35.9 Å². The summed E-state index contributed by atoms with van der Waals surface area (Å²) in [6.07, 6.45) is 3.20. The van der Waals surface area contributed by atoms with Crippen molar-refractivity contribution in [1.29, 1.82) is 0 Å². The topological polar surface area (TPSA) is 40.5 Å². The first kappa shape index (κ1) is 13.1. The number of hydrogen-bond acceptors (Lipinski definition) is 2. The van der Waals surface area contributed by atoms with Crippen LogP contribution in [0.3, 0.4) is 0 Å². The molecule has 1 heterocycles. The number of rotatable bonds is 4.